The van der Waals surface area contributed by atoms with Crippen LogP contribution in [0.5, 0.6) is 0 Å². The van der Waals surface area contributed by atoms with Crippen molar-refractivity contribution in [1.29, 1.82) is 0 Å². The number of pyridine rings is 1. The van der Waals surface area contributed by atoms with Gasteiger partial charge in [-0.05, 0) is 35.5 Å². The van der Waals surface area contributed by atoms with Gasteiger partial charge >= 0.3 is 0 Å². The Morgan fingerprint density at radius 1 is 1.00 bits per heavy atom. The first-order valence-electron chi connectivity index (χ1n) is 4.43. The highest BCUT2D eigenvalue weighted by Crippen LogP contribution is 2.13. The fourth-order valence-electron chi connectivity index (χ4n) is 1.31. The van der Waals surface area contributed by atoms with E-state index in [1.165, 1.54) is 10.6 Å². The van der Waals surface area contributed by atoms with E-state index < -0.39 is 0 Å². The SMILES string of the molecule is O=Nc1ccc(-n2ccccc2=O)cc1. The van der Waals surface area contributed by atoms with Crippen molar-refractivity contribution in [2.75, 3.05) is 0 Å². The van der Waals surface area contributed by atoms with Crippen molar-refractivity contribution in [3.05, 3.63) is 63.9 Å². The molecule has 0 N–H and O–H groups in total. The van der Waals surface area contributed by atoms with E-state index in [0.29, 0.717) is 11.4 Å². The van der Waals surface area contributed by atoms with Gasteiger partial charge in [0.05, 0.1) is 0 Å². The van der Waals surface area contributed by atoms with E-state index in [2.05, 4.69) is 5.18 Å². The molecule has 0 amide bonds. The fraction of sp³-hybridized carbons (Fsp3) is 0. The average Bonchev–Trinajstić information content (AvgIpc) is 2.30. The highest BCUT2D eigenvalue weighted by molar-refractivity contribution is 5.44. The number of rotatable bonds is 2. The van der Waals surface area contributed by atoms with Gasteiger partial charge in [0.1, 0.15) is 5.69 Å². The van der Waals surface area contributed by atoms with Gasteiger partial charge in [-0.3, -0.25) is 9.36 Å². The molecule has 0 spiro atoms. The van der Waals surface area contributed by atoms with E-state index in [1.54, 1.807) is 42.6 Å². The molecule has 0 aliphatic rings. The van der Waals surface area contributed by atoms with Gasteiger partial charge in [0.25, 0.3) is 5.56 Å². The summed E-state index contributed by atoms with van der Waals surface area (Å²) >= 11 is 0. The topological polar surface area (TPSA) is 51.4 Å². The molecule has 4 nitrogen and oxygen atoms in total. The minimum Gasteiger partial charge on any atom is -0.284 e. The molecule has 0 bridgehead atoms. The second-order valence-electron chi connectivity index (χ2n) is 3.02. The summed E-state index contributed by atoms with van der Waals surface area (Å²) in [5.41, 5.74) is 0.958. The molecule has 0 atom stereocenters. The van der Waals surface area contributed by atoms with Crippen molar-refractivity contribution in [1.82, 2.24) is 4.57 Å². The fourth-order valence-corrected chi connectivity index (χ4v) is 1.31. The first-order valence-corrected chi connectivity index (χ1v) is 4.43. The zero-order valence-electron chi connectivity index (χ0n) is 7.83. The Morgan fingerprint density at radius 2 is 1.73 bits per heavy atom. The van der Waals surface area contributed by atoms with Crippen molar-refractivity contribution in [2.24, 2.45) is 5.18 Å². The maximum absolute atomic E-state index is 11.5. The summed E-state index contributed by atoms with van der Waals surface area (Å²) in [4.78, 5) is 21.7. The van der Waals surface area contributed by atoms with E-state index >= 15 is 0 Å². The van der Waals surface area contributed by atoms with Crippen LogP contribution in [-0.2, 0) is 0 Å². The summed E-state index contributed by atoms with van der Waals surface area (Å²) in [6, 6.07) is 11.4. The van der Waals surface area contributed by atoms with Crippen LogP contribution >= 0.6 is 0 Å². The van der Waals surface area contributed by atoms with E-state index in [4.69, 9.17) is 0 Å². The largest absolute Gasteiger partial charge is 0.284 e. The standard InChI is InChI=1S/C11H8N2O2/c14-11-3-1-2-8-13(11)10-6-4-9(12-15)5-7-10/h1-8H. The zero-order chi connectivity index (χ0) is 10.7. The highest BCUT2D eigenvalue weighted by Gasteiger charge is 1.97. The van der Waals surface area contributed by atoms with Crippen LogP contribution < -0.4 is 5.56 Å². The van der Waals surface area contributed by atoms with Crippen LogP contribution in [0.1, 0.15) is 0 Å². The monoisotopic (exact) mass is 200 g/mol. The molecule has 1 heterocycles. The summed E-state index contributed by atoms with van der Waals surface area (Å²) in [6.07, 6.45) is 1.67. The van der Waals surface area contributed by atoms with Crippen LogP contribution in [0.2, 0.25) is 0 Å². The van der Waals surface area contributed by atoms with Crippen LogP contribution in [0.25, 0.3) is 5.69 Å². The van der Waals surface area contributed by atoms with Gasteiger partial charge in [0, 0.05) is 18.0 Å². The van der Waals surface area contributed by atoms with Crippen LogP contribution in [0.15, 0.2) is 58.6 Å². The molecule has 4 heteroatoms. The van der Waals surface area contributed by atoms with Crippen LogP contribution in [0, 0.1) is 4.91 Å². The third-order valence-electron chi connectivity index (χ3n) is 2.06. The minimum absolute atomic E-state index is 0.107. The Labute approximate surface area is 85.8 Å². The number of hydrogen-bond acceptors (Lipinski definition) is 3. The summed E-state index contributed by atoms with van der Waals surface area (Å²) in [5.74, 6) is 0. The van der Waals surface area contributed by atoms with E-state index in [0.717, 1.165) is 0 Å². The maximum atomic E-state index is 11.5. The smallest absolute Gasteiger partial charge is 0.255 e. The van der Waals surface area contributed by atoms with Gasteiger partial charge in [-0.1, -0.05) is 6.07 Å². The number of nitrogens with zero attached hydrogens (tertiary/aromatic N) is 2. The molecule has 0 aliphatic heterocycles. The lowest BCUT2D eigenvalue weighted by Gasteiger charge is -2.03. The predicted molar refractivity (Wildman–Crippen MR) is 57.5 cm³/mol. The van der Waals surface area contributed by atoms with Crippen molar-refractivity contribution >= 4 is 5.69 Å². The van der Waals surface area contributed by atoms with Gasteiger partial charge in [0.2, 0.25) is 0 Å². The molecule has 2 rings (SSSR count). The van der Waals surface area contributed by atoms with Gasteiger partial charge in [-0.25, -0.2) is 0 Å². The van der Waals surface area contributed by atoms with Gasteiger partial charge in [0.15, 0.2) is 0 Å². The number of benzene rings is 1. The minimum atomic E-state index is -0.107. The first kappa shape index (κ1) is 9.33. The third kappa shape index (κ3) is 1.83. The zero-order valence-corrected chi connectivity index (χ0v) is 7.83. The van der Waals surface area contributed by atoms with Gasteiger partial charge < -0.3 is 0 Å². The molecule has 0 radical (unpaired) electrons. The lowest BCUT2D eigenvalue weighted by molar-refractivity contribution is 0.990. The molecular formula is C11H8N2O2. The van der Waals surface area contributed by atoms with Crippen molar-refractivity contribution in [3.8, 4) is 5.69 Å². The lowest BCUT2D eigenvalue weighted by atomic mass is 10.3. The van der Waals surface area contributed by atoms with Crippen LogP contribution in [0.4, 0.5) is 5.69 Å². The Bertz CT molecular complexity index is 529. The second-order valence-corrected chi connectivity index (χ2v) is 3.02. The summed E-state index contributed by atoms with van der Waals surface area (Å²) in [7, 11) is 0. The first-order chi connectivity index (χ1) is 7.31. The van der Waals surface area contributed by atoms with Crippen LogP contribution in [0.3, 0.4) is 0 Å². The summed E-state index contributed by atoms with van der Waals surface area (Å²) in [5, 5.41) is 2.79. The molecule has 15 heavy (non-hydrogen) atoms. The lowest BCUT2D eigenvalue weighted by Crippen LogP contribution is -2.15. The second kappa shape index (κ2) is 3.88. The molecule has 0 saturated heterocycles. The number of hydrogen-bond donors (Lipinski definition) is 0. The normalized spacial score (nSPS) is 9.87. The Hall–Kier alpha value is -2.23. The van der Waals surface area contributed by atoms with Gasteiger partial charge in [-0.2, -0.15) is 0 Å². The average molecular weight is 200 g/mol. The van der Waals surface area contributed by atoms with E-state index in [1.807, 2.05) is 0 Å². The molecule has 0 saturated carbocycles. The van der Waals surface area contributed by atoms with Crippen LogP contribution in [-0.4, -0.2) is 4.57 Å². The Morgan fingerprint density at radius 3 is 2.33 bits per heavy atom. The Balaban J connectivity index is 2.51. The molecule has 1 aromatic carbocycles. The van der Waals surface area contributed by atoms with Gasteiger partial charge in [-0.15, -0.1) is 4.91 Å². The van der Waals surface area contributed by atoms with E-state index in [-0.39, 0.29) is 5.56 Å². The van der Waals surface area contributed by atoms with Crippen molar-refractivity contribution < 1.29 is 0 Å². The molecule has 0 aliphatic carbocycles. The number of aromatic nitrogens is 1. The molecule has 0 fully saturated rings. The number of nitroso groups, excluding NO2 is 1. The van der Waals surface area contributed by atoms with E-state index in [9.17, 15) is 9.70 Å². The highest BCUT2D eigenvalue weighted by atomic mass is 16.3. The molecular weight excluding hydrogens is 192 g/mol. The third-order valence-corrected chi connectivity index (χ3v) is 2.06. The van der Waals surface area contributed by atoms with Crippen molar-refractivity contribution in [2.45, 2.75) is 0 Å². The summed E-state index contributed by atoms with van der Waals surface area (Å²) < 4.78 is 1.49. The Kier molecular flexibility index (Phi) is 2.41. The maximum Gasteiger partial charge on any atom is 0.255 e. The quantitative estimate of drug-likeness (QED) is 0.698. The summed E-state index contributed by atoms with van der Waals surface area (Å²) in [6.45, 7) is 0. The predicted octanol–water partition coefficient (Wildman–Crippen LogP) is 2.24. The molecule has 0 unspecified atom stereocenters. The molecule has 2 aromatic rings. The molecule has 1 aromatic heterocycles. The van der Waals surface area contributed by atoms with Crippen molar-refractivity contribution in [3.63, 3.8) is 0 Å². The molecule has 74 valence electrons.